The molecule has 0 aliphatic carbocycles. The van der Waals surface area contributed by atoms with Gasteiger partial charge in [0.1, 0.15) is 5.56 Å². The lowest BCUT2D eigenvalue weighted by Gasteiger charge is -2.09. The Morgan fingerprint density at radius 3 is 2.55 bits per heavy atom. The average Bonchev–Trinajstić information content (AvgIpc) is 2.41. The second kappa shape index (κ2) is 5.40. The first-order valence-electron chi connectivity index (χ1n) is 5.83. The Balaban J connectivity index is 2.40. The Kier molecular flexibility index (Phi) is 3.65. The Bertz CT molecular complexity index is 683. The van der Waals surface area contributed by atoms with Gasteiger partial charge < -0.3 is 10.4 Å². The fraction of sp³-hybridized carbons (Fsp3) is 0.0714. The second-order valence-corrected chi connectivity index (χ2v) is 4.23. The van der Waals surface area contributed by atoms with Crippen molar-refractivity contribution in [3.63, 3.8) is 0 Å². The van der Waals surface area contributed by atoms with E-state index in [0.29, 0.717) is 5.69 Å². The van der Waals surface area contributed by atoms with Crippen molar-refractivity contribution in [2.24, 2.45) is 0 Å². The van der Waals surface area contributed by atoms with Gasteiger partial charge in [-0.15, -0.1) is 0 Å². The molecule has 0 atom stereocenters. The molecule has 2 rings (SSSR count). The summed E-state index contributed by atoms with van der Waals surface area (Å²) in [6.45, 7) is 1.91. The summed E-state index contributed by atoms with van der Waals surface area (Å²) in [6.07, 6.45) is 0. The zero-order valence-electron chi connectivity index (χ0n) is 10.7. The molecule has 0 aliphatic rings. The summed E-state index contributed by atoms with van der Waals surface area (Å²) in [5.74, 6) is -1.32. The molecule has 0 aliphatic heterocycles. The van der Waals surface area contributed by atoms with Gasteiger partial charge in [-0.25, -0.2) is 4.79 Å². The van der Waals surface area contributed by atoms with E-state index in [2.05, 4.69) is 5.32 Å². The Hall–Kier alpha value is -2.89. The molecule has 0 spiro atoms. The number of carboxylic acids is 1. The molecular formula is C14H12N2O4. The first-order chi connectivity index (χ1) is 9.49. The van der Waals surface area contributed by atoms with Crippen LogP contribution in [0.25, 0.3) is 0 Å². The number of aryl methyl sites for hydroxylation is 1. The number of carbonyl (C=O) groups is 1. The molecule has 0 amide bonds. The number of hydrogen-bond acceptors (Lipinski definition) is 4. The average molecular weight is 272 g/mol. The molecule has 0 saturated heterocycles. The van der Waals surface area contributed by atoms with Crippen LogP contribution in [0.1, 0.15) is 15.9 Å². The number of rotatable bonds is 4. The van der Waals surface area contributed by atoms with Gasteiger partial charge in [-0.2, -0.15) is 0 Å². The van der Waals surface area contributed by atoms with Crippen LogP contribution in [0, 0.1) is 17.0 Å². The SMILES string of the molecule is Cc1ccccc1Nc1ccc(C(=O)O)c([N+](=O)[O-])c1. The van der Waals surface area contributed by atoms with E-state index in [0.717, 1.165) is 11.3 Å². The van der Waals surface area contributed by atoms with Crippen LogP contribution in [0.4, 0.5) is 17.1 Å². The highest BCUT2D eigenvalue weighted by Gasteiger charge is 2.20. The summed E-state index contributed by atoms with van der Waals surface area (Å²) in [5.41, 5.74) is 1.50. The fourth-order valence-corrected chi connectivity index (χ4v) is 1.81. The van der Waals surface area contributed by atoms with Crippen LogP contribution >= 0.6 is 0 Å². The lowest BCUT2D eigenvalue weighted by atomic mass is 10.1. The zero-order valence-corrected chi connectivity index (χ0v) is 10.7. The van der Waals surface area contributed by atoms with Crippen LogP contribution in [0.15, 0.2) is 42.5 Å². The number of hydrogen-bond donors (Lipinski definition) is 2. The number of carboxylic acid groups (broad SMARTS) is 1. The Morgan fingerprint density at radius 2 is 1.95 bits per heavy atom. The van der Waals surface area contributed by atoms with Crippen LogP contribution < -0.4 is 5.32 Å². The van der Waals surface area contributed by atoms with E-state index in [4.69, 9.17) is 5.11 Å². The third kappa shape index (κ3) is 2.74. The molecule has 6 nitrogen and oxygen atoms in total. The van der Waals surface area contributed by atoms with Crippen molar-refractivity contribution in [2.75, 3.05) is 5.32 Å². The van der Waals surface area contributed by atoms with Crippen molar-refractivity contribution < 1.29 is 14.8 Å². The molecule has 102 valence electrons. The molecule has 0 radical (unpaired) electrons. The fourth-order valence-electron chi connectivity index (χ4n) is 1.81. The third-order valence-electron chi connectivity index (χ3n) is 2.85. The lowest BCUT2D eigenvalue weighted by molar-refractivity contribution is -0.385. The summed E-state index contributed by atoms with van der Waals surface area (Å²) >= 11 is 0. The minimum absolute atomic E-state index is 0.328. The quantitative estimate of drug-likeness (QED) is 0.657. The van der Waals surface area contributed by atoms with Crippen molar-refractivity contribution in [2.45, 2.75) is 6.92 Å². The molecule has 20 heavy (non-hydrogen) atoms. The number of aromatic carboxylic acids is 1. The number of nitrogens with one attached hydrogen (secondary N) is 1. The monoisotopic (exact) mass is 272 g/mol. The highest BCUT2D eigenvalue weighted by atomic mass is 16.6. The van der Waals surface area contributed by atoms with Gasteiger partial charge in [0.2, 0.25) is 0 Å². The number of para-hydroxylation sites is 1. The maximum absolute atomic E-state index is 10.9. The summed E-state index contributed by atoms with van der Waals surface area (Å²) in [6, 6.07) is 11.4. The molecular weight excluding hydrogens is 260 g/mol. The van der Waals surface area contributed by atoms with Crippen molar-refractivity contribution in [3.05, 3.63) is 63.7 Å². The smallest absolute Gasteiger partial charge is 0.342 e. The van der Waals surface area contributed by atoms with E-state index in [9.17, 15) is 14.9 Å². The van der Waals surface area contributed by atoms with Gasteiger partial charge in [0, 0.05) is 17.4 Å². The molecule has 2 aromatic carbocycles. The predicted molar refractivity (Wildman–Crippen MR) is 74.5 cm³/mol. The number of nitro groups is 1. The third-order valence-corrected chi connectivity index (χ3v) is 2.85. The van der Waals surface area contributed by atoms with Gasteiger partial charge in [-0.1, -0.05) is 18.2 Å². The van der Waals surface area contributed by atoms with Crippen molar-refractivity contribution >= 4 is 23.0 Å². The van der Waals surface area contributed by atoms with E-state index >= 15 is 0 Å². The zero-order chi connectivity index (χ0) is 14.7. The van der Waals surface area contributed by atoms with Crippen LogP contribution in [-0.4, -0.2) is 16.0 Å². The van der Waals surface area contributed by atoms with Crippen molar-refractivity contribution in [1.82, 2.24) is 0 Å². The van der Waals surface area contributed by atoms with E-state index in [1.807, 2.05) is 31.2 Å². The number of anilines is 2. The maximum atomic E-state index is 10.9. The summed E-state index contributed by atoms with van der Waals surface area (Å²) in [4.78, 5) is 21.1. The number of nitro benzene ring substituents is 1. The van der Waals surface area contributed by atoms with E-state index in [-0.39, 0.29) is 5.56 Å². The van der Waals surface area contributed by atoms with Crippen LogP contribution in [0.5, 0.6) is 0 Å². The van der Waals surface area contributed by atoms with Gasteiger partial charge in [0.25, 0.3) is 5.69 Å². The first-order valence-corrected chi connectivity index (χ1v) is 5.83. The van der Waals surface area contributed by atoms with Crippen LogP contribution in [-0.2, 0) is 0 Å². The molecule has 0 aromatic heterocycles. The molecule has 0 unspecified atom stereocenters. The number of benzene rings is 2. The second-order valence-electron chi connectivity index (χ2n) is 4.23. The van der Waals surface area contributed by atoms with E-state index in [1.54, 1.807) is 0 Å². The molecule has 2 aromatic rings. The lowest BCUT2D eigenvalue weighted by Crippen LogP contribution is -2.03. The van der Waals surface area contributed by atoms with Crippen LogP contribution in [0.2, 0.25) is 0 Å². The molecule has 0 fully saturated rings. The van der Waals surface area contributed by atoms with Crippen LogP contribution in [0.3, 0.4) is 0 Å². The molecule has 0 heterocycles. The van der Waals surface area contributed by atoms with E-state index < -0.39 is 16.6 Å². The highest BCUT2D eigenvalue weighted by molar-refractivity contribution is 5.93. The van der Waals surface area contributed by atoms with Gasteiger partial charge in [0.05, 0.1) is 4.92 Å². The van der Waals surface area contributed by atoms with Gasteiger partial charge in [-0.05, 0) is 30.7 Å². The van der Waals surface area contributed by atoms with Gasteiger partial charge in [0.15, 0.2) is 0 Å². The minimum atomic E-state index is -1.32. The van der Waals surface area contributed by atoms with Gasteiger partial charge >= 0.3 is 5.97 Å². The summed E-state index contributed by atoms with van der Waals surface area (Å²) in [7, 11) is 0. The molecule has 0 bridgehead atoms. The largest absolute Gasteiger partial charge is 0.477 e. The standard InChI is InChI=1S/C14H12N2O4/c1-9-4-2-3-5-12(9)15-10-6-7-11(14(17)18)13(8-10)16(19)20/h2-8,15H,1H3,(H,17,18). The summed E-state index contributed by atoms with van der Waals surface area (Å²) in [5, 5.41) is 22.9. The first kappa shape index (κ1) is 13.5. The summed E-state index contributed by atoms with van der Waals surface area (Å²) < 4.78 is 0. The topological polar surface area (TPSA) is 92.5 Å². The minimum Gasteiger partial charge on any atom is -0.477 e. The predicted octanol–water partition coefficient (Wildman–Crippen LogP) is 3.35. The molecule has 2 N–H and O–H groups in total. The number of nitrogens with zero attached hydrogens (tertiary/aromatic N) is 1. The maximum Gasteiger partial charge on any atom is 0.342 e. The highest BCUT2D eigenvalue weighted by Crippen LogP contribution is 2.26. The Labute approximate surface area is 114 Å². The Morgan fingerprint density at radius 1 is 1.25 bits per heavy atom. The van der Waals surface area contributed by atoms with E-state index in [1.165, 1.54) is 18.2 Å². The normalized spacial score (nSPS) is 10.1. The molecule has 0 saturated carbocycles. The molecule has 6 heteroatoms. The van der Waals surface area contributed by atoms with Gasteiger partial charge in [-0.3, -0.25) is 10.1 Å². The van der Waals surface area contributed by atoms with Crippen molar-refractivity contribution in [3.8, 4) is 0 Å². The van der Waals surface area contributed by atoms with Crippen molar-refractivity contribution in [1.29, 1.82) is 0 Å².